The highest BCUT2D eigenvalue weighted by Crippen LogP contribution is 2.54. The van der Waals surface area contributed by atoms with Crippen LogP contribution in [0.4, 0.5) is 0 Å². The van der Waals surface area contributed by atoms with Gasteiger partial charge in [0.2, 0.25) is 0 Å². The van der Waals surface area contributed by atoms with Crippen LogP contribution in [-0.4, -0.2) is 597 Å². The van der Waals surface area contributed by atoms with Gasteiger partial charge < -0.3 is 176 Å². The van der Waals surface area contributed by atoms with Crippen molar-refractivity contribution in [1.82, 2.24) is 15.5 Å². The maximum atomic E-state index is 5.89. The Kier molecular flexibility index (Phi) is 41.3. The largest absolute Gasteiger partial charge is 0.382 e. The number of nitrogens with one attached hydrogen (secondary N) is 2. The zero-order chi connectivity index (χ0) is 99.2. The van der Waals surface area contributed by atoms with Crippen LogP contribution in [0.15, 0.2) is 0 Å². The van der Waals surface area contributed by atoms with Crippen molar-refractivity contribution in [1.29, 1.82) is 0 Å². The zero-order valence-electron chi connectivity index (χ0n) is 83.3. The molecule has 0 aromatic rings. The van der Waals surface area contributed by atoms with Crippen molar-refractivity contribution in [3.8, 4) is 0 Å². The van der Waals surface area contributed by atoms with Crippen LogP contribution in [0.3, 0.4) is 0 Å². The summed E-state index contributed by atoms with van der Waals surface area (Å²) in [6.45, 7) is 16.1. The second kappa shape index (κ2) is 48.4. The molecule has 0 saturated carbocycles. The number of hydrogen-bond acceptors (Lipinski definition) is 40. The number of ether oxygens (including phenoxy) is 35. The van der Waals surface area contributed by atoms with E-state index < -0.39 is 63.6 Å². The first-order valence-electron chi connectivity index (χ1n) is 45.5. The number of hydrogen-bond donors (Lipinski definition) is 2. The zero-order valence-corrected chi connectivity index (χ0v) is 85.0. The highest BCUT2D eigenvalue weighted by molar-refractivity contribution is 8.00. The fourth-order valence-electron chi connectivity index (χ4n) is 23.6. The van der Waals surface area contributed by atoms with Crippen LogP contribution in [-0.2, 0) is 166 Å². The molecule has 0 spiro atoms. The Balaban J connectivity index is 0.000000144. The molecule has 0 aliphatic carbocycles. The fraction of sp³-hybridized carbons (Fsp3) is 1.00. The molecule has 20 rings (SSSR count). The number of likely N-dealkylation sites (tertiary alicyclic amines) is 1. The topological polar surface area (TPSA) is 350 Å². The number of morpholine rings is 3. The van der Waals surface area contributed by atoms with Crippen LogP contribution < -0.4 is 10.6 Å². The number of nitrogens with zero attached hydrogens (tertiary/aromatic N) is 1. The Labute approximate surface area is 820 Å². The van der Waals surface area contributed by atoms with E-state index in [1.54, 1.807) is 142 Å². The summed E-state index contributed by atoms with van der Waals surface area (Å²) in [5.41, 5.74) is -4.84. The molecule has 2 N–H and O–H groups in total. The molecule has 0 aromatic carbocycles. The van der Waals surface area contributed by atoms with Gasteiger partial charge in [-0.1, -0.05) is 0 Å². The van der Waals surface area contributed by atoms with Gasteiger partial charge in [0.05, 0.1) is 126 Å². The lowest BCUT2D eigenvalue weighted by molar-refractivity contribution is -0.223. The molecule has 42 atom stereocenters. The minimum Gasteiger partial charge on any atom is -0.382 e. The number of methoxy groups -OCH3 is 20. The van der Waals surface area contributed by atoms with Gasteiger partial charge >= 0.3 is 0 Å². The van der Waals surface area contributed by atoms with Crippen LogP contribution in [0.2, 0.25) is 0 Å². The Morgan fingerprint density at radius 3 is 1.07 bits per heavy atom. The maximum Gasteiger partial charge on any atom is 0.148 e. The van der Waals surface area contributed by atoms with E-state index in [-0.39, 0.29) is 190 Å². The average Bonchev–Trinajstić information content (AvgIpc) is 1.54. The van der Waals surface area contributed by atoms with Gasteiger partial charge in [0.15, 0.2) is 0 Å². The molecule has 20 heterocycles. The molecule has 135 heavy (non-hydrogen) atoms. The first-order chi connectivity index (χ1) is 64.3. The SMILES string of the molecule is [B][C@@H]1O[C@@]2(C(C)OC)CO[C@H]1C2OC.[B][C@@H]1O[C@@]2(COC)C(C)O[C@H]1C2OC.[B][C@@H]1O[C@@]2(COC)CN(C)[C@H]1C2OC.[B][C@@H]1O[C@@]2(COC)CN[C@H]1C2OC.[B][C@@H]1O[C@@]2(COC)CO[C@H]1C2OC.[B][C@@H]1O[C@@]2(COC)CS[C@H]1C2OC.[B][C@@H]1O[C@]2(COC)C(OC)[C@@H]1OC2(C)C.[B][C@@H]1O[C@]2(COC)CN[C@@H]1C2OC.[B][C@@H]1O[C@]2(COC)CO[C@@H]1C2OC.[B][C@@H]1O[C@]2(COC)CS[C@@H]1C2OC. The summed E-state index contributed by atoms with van der Waals surface area (Å²) in [4.78, 5) is 2.18. The van der Waals surface area contributed by atoms with Gasteiger partial charge in [0, 0.05) is 233 Å². The van der Waals surface area contributed by atoms with E-state index in [1.807, 2.05) is 58.3 Å². The molecule has 20 aliphatic rings. The lowest BCUT2D eigenvalue weighted by Crippen LogP contribution is -2.58. The summed E-state index contributed by atoms with van der Waals surface area (Å²) in [5, 5.41) is 7.08. The molecule has 0 aromatic heterocycles. The third-order valence-corrected chi connectivity index (χ3v) is 32.6. The van der Waals surface area contributed by atoms with Gasteiger partial charge in [0.1, 0.15) is 226 Å². The predicted molar refractivity (Wildman–Crippen MR) is 500 cm³/mol. The molecule has 20 fully saturated rings. The maximum absolute atomic E-state index is 5.89. The molecule has 20 saturated heterocycles. The van der Waals surface area contributed by atoms with Gasteiger partial charge in [0.25, 0.3) is 0 Å². The van der Waals surface area contributed by atoms with E-state index in [0.29, 0.717) is 79.3 Å². The monoisotopic (exact) mass is 1940 g/mol. The standard InChI is InChI=1S/C10H17BO4.C9H16BNO3.2C9H15BO4.2C8H14BNO3.2C8H13BO4.2C8H13BO3S/c1-9(2)10(5-12-3)7(13-4)6(14-9)8(11)15-10;1-11-4-9(5-12-2)7(13-3)6(11)8(10)14-9;1-5(11-2)9-4-13-6(7(9)12-3)8(10)14-9;1-5-9(4-11-2)7(12-3)6(13-5)8(10)14-9;2*1-11-4-8-3-10-5(6(8)12-2)7(9)13-8;2*1-10-3-8-4-12-5(6(8)11-2)7(9)13-8;2*1-10-3-8-4-13-5(6(8)11-2)7(9)12-8/h6-8H,5H2,1-4H3;6-8H,4-5H2,1-3H3;2*5-8H,4H2,1-3H3;2*5-7,10H,3-4H2,1-2H3;4*5-7H,3-4H2,1-2H3/t6-,7?,8+,10+;6-,7?,8+,9+;5?,6-,7?,8+,9+;5?,6-,7?,8+,9-;5-,6?,7+,8+;5-,6?,7-,8+;5-,6?,7+,8-;5-,6?,7-,8-;5-,6?,7+,8-;5-,6?,7-,8-/m0000010101/s1. The summed E-state index contributed by atoms with van der Waals surface area (Å²) in [6, 6.07) is -2.96. The number of rotatable bonds is 30. The second-order valence-electron chi connectivity index (χ2n) is 37.8. The van der Waals surface area contributed by atoms with Crippen molar-refractivity contribution in [2.75, 3.05) is 260 Å². The van der Waals surface area contributed by atoms with E-state index in [0.717, 1.165) is 31.1 Å². The molecule has 0 amide bonds. The summed E-state index contributed by atoms with van der Waals surface area (Å²) in [7, 11) is 93.1. The van der Waals surface area contributed by atoms with Crippen LogP contribution >= 0.6 is 23.5 Å². The summed E-state index contributed by atoms with van der Waals surface area (Å²) in [6.07, 6.45) is -1.47. The van der Waals surface area contributed by atoms with Crippen molar-refractivity contribution in [3.05, 3.63) is 0 Å². The Morgan fingerprint density at radius 1 is 0.333 bits per heavy atom. The molecular formula is C85H143B10N3O35S2. The van der Waals surface area contributed by atoms with Gasteiger partial charge in [-0.2, -0.15) is 23.5 Å². The van der Waals surface area contributed by atoms with Crippen LogP contribution in [0.1, 0.15) is 27.7 Å². The van der Waals surface area contributed by atoms with E-state index in [2.05, 4.69) is 15.5 Å². The molecule has 12 unspecified atom stereocenters. The van der Waals surface area contributed by atoms with Crippen molar-refractivity contribution >= 4 is 102 Å². The van der Waals surface area contributed by atoms with Gasteiger partial charge in [-0.3, -0.25) is 4.90 Å². The van der Waals surface area contributed by atoms with E-state index >= 15 is 0 Å². The molecule has 20 radical (unpaired) electrons. The third-order valence-electron chi connectivity index (χ3n) is 29.5. The van der Waals surface area contributed by atoms with Crippen LogP contribution in [0.5, 0.6) is 0 Å². The molecule has 20 aliphatic heterocycles. The quantitative estimate of drug-likeness (QED) is 0.0637. The molecule has 20 bridgehead atoms. The Hall–Kier alpha value is -0.171. The average molecular weight is 1940 g/mol. The molecular weight excluding hydrogens is 1800 g/mol. The lowest BCUT2D eigenvalue weighted by atomic mass is 9.84. The summed E-state index contributed by atoms with van der Waals surface area (Å²) < 4.78 is 190. The smallest absolute Gasteiger partial charge is 0.148 e. The molecule has 50 heteroatoms. The van der Waals surface area contributed by atoms with Crippen molar-refractivity contribution in [3.63, 3.8) is 0 Å². The second-order valence-corrected chi connectivity index (χ2v) is 40.2. The van der Waals surface area contributed by atoms with Crippen molar-refractivity contribution in [2.45, 2.75) is 282 Å². The Morgan fingerprint density at radius 2 is 0.689 bits per heavy atom. The van der Waals surface area contributed by atoms with Crippen LogP contribution in [0.25, 0.3) is 0 Å². The van der Waals surface area contributed by atoms with E-state index in [1.165, 1.54) is 0 Å². The minimum absolute atomic E-state index is 0.00227. The highest BCUT2D eigenvalue weighted by atomic mass is 32.2. The van der Waals surface area contributed by atoms with Gasteiger partial charge in [-0.25, -0.2) is 0 Å². The summed E-state index contributed by atoms with van der Waals surface area (Å²) >= 11 is 3.63. The number of fused-ring (bicyclic) bond motifs is 20. The first-order valence-corrected chi connectivity index (χ1v) is 47.6. The number of thioether (sulfide) groups is 2. The highest BCUT2D eigenvalue weighted by Gasteiger charge is 2.72. The van der Waals surface area contributed by atoms with Gasteiger partial charge in [-0.05, 0) is 34.7 Å². The molecule has 38 nitrogen and oxygen atoms in total. The van der Waals surface area contributed by atoms with E-state index in [4.69, 9.17) is 244 Å². The minimum atomic E-state index is -0.597. The third kappa shape index (κ3) is 21.5. The van der Waals surface area contributed by atoms with Crippen LogP contribution in [0, 0.1) is 0 Å². The predicted octanol–water partition coefficient (Wildman–Crippen LogP) is -4.85. The lowest BCUT2D eigenvalue weighted by Gasteiger charge is -2.42. The number of likely N-dealkylation sites (N-methyl/N-ethyl adjacent to an activating group) is 1. The normalized spacial score (nSPS) is 48.6. The first kappa shape index (κ1) is 115. The Bertz CT molecular complexity index is 3280. The van der Waals surface area contributed by atoms with Crippen molar-refractivity contribution in [2.24, 2.45) is 0 Å². The van der Waals surface area contributed by atoms with E-state index in [9.17, 15) is 0 Å². The molecule has 750 valence electrons. The summed E-state index contributed by atoms with van der Waals surface area (Å²) in [5.74, 6) is 1.83. The van der Waals surface area contributed by atoms with Crippen molar-refractivity contribution < 1.29 is 166 Å². The van der Waals surface area contributed by atoms with Gasteiger partial charge in [-0.15, -0.1) is 0 Å². The fourth-order valence-corrected chi connectivity index (χ4v) is 26.8.